The highest BCUT2D eigenvalue weighted by Gasteiger charge is 2.33. The number of carbonyl (C=O) groups is 1. The maximum absolute atomic E-state index is 13.0. The molecule has 1 heterocycles. The second kappa shape index (κ2) is 6.21. The van der Waals surface area contributed by atoms with Gasteiger partial charge >= 0.3 is 6.18 Å². The number of amides is 1. The largest absolute Gasteiger partial charge is 0.416 e. The SMILES string of the molecule is CC(Cc1ccccc1C(F)(F)F)N(C)C(=O)c1ncc[nH]1. The van der Waals surface area contributed by atoms with Crippen LogP contribution in [0.1, 0.15) is 28.7 Å². The molecule has 2 rings (SSSR count). The van der Waals surface area contributed by atoms with Crippen LogP contribution in [0.15, 0.2) is 36.7 Å². The molecule has 1 atom stereocenters. The second-order valence-electron chi connectivity index (χ2n) is 5.06. The van der Waals surface area contributed by atoms with E-state index in [9.17, 15) is 18.0 Å². The van der Waals surface area contributed by atoms with Crippen LogP contribution in [0.2, 0.25) is 0 Å². The van der Waals surface area contributed by atoms with Crippen molar-refractivity contribution in [3.63, 3.8) is 0 Å². The Bertz CT molecular complexity index is 638. The van der Waals surface area contributed by atoms with Gasteiger partial charge in [-0.2, -0.15) is 13.2 Å². The van der Waals surface area contributed by atoms with Gasteiger partial charge in [-0.1, -0.05) is 18.2 Å². The van der Waals surface area contributed by atoms with Crippen LogP contribution in [0.5, 0.6) is 0 Å². The summed E-state index contributed by atoms with van der Waals surface area (Å²) in [5.74, 6) is -0.194. The number of halogens is 3. The maximum Gasteiger partial charge on any atom is 0.416 e. The number of imidazole rings is 1. The molecule has 1 N–H and O–H groups in total. The van der Waals surface area contributed by atoms with Gasteiger partial charge < -0.3 is 9.88 Å². The quantitative estimate of drug-likeness (QED) is 0.943. The van der Waals surface area contributed by atoms with Crippen LogP contribution in [-0.4, -0.2) is 33.9 Å². The molecule has 22 heavy (non-hydrogen) atoms. The first-order chi connectivity index (χ1) is 10.3. The summed E-state index contributed by atoms with van der Waals surface area (Å²) in [6.07, 6.45) is -1.33. The van der Waals surface area contributed by atoms with Gasteiger partial charge in [0.15, 0.2) is 5.82 Å². The van der Waals surface area contributed by atoms with Crippen molar-refractivity contribution in [3.8, 4) is 0 Å². The fourth-order valence-electron chi connectivity index (χ4n) is 2.18. The van der Waals surface area contributed by atoms with Crippen molar-refractivity contribution in [3.05, 3.63) is 53.6 Å². The number of likely N-dealkylation sites (N-methyl/N-ethyl adjacent to an activating group) is 1. The van der Waals surface area contributed by atoms with Gasteiger partial charge in [0.1, 0.15) is 0 Å². The average molecular weight is 311 g/mol. The summed E-state index contributed by atoms with van der Waals surface area (Å²) >= 11 is 0. The summed E-state index contributed by atoms with van der Waals surface area (Å²) in [7, 11) is 1.55. The zero-order valence-corrected chi connectivity index (χ0v) is 12.2. The molecule has 0 fully saturated rings. The lowest BCUT2D eigenvalue weighted by molar-refractivity contribution is -0.138. The van der Waals surface area contributed by atoms with Crippen molar-refractivity contribution in [2.24, 2.45) is 0 Å². The summed E-state index contributed by atoms with van der Waals surface area (Å²) < 4.78 is 39.0. The summed E-state index contributed by atoms with van der Waals surface area (Å²) in [6, 6.07) is 5.00. The number of alkyl halides is 3. The Morgan fingerprint density at radius 2 is 2.05 bits per heavy atom. The lowest BCUT2D eigenvalue weighted by Crippen LogP contribution is -2.37. The van der Waals surface area contributed by atoms with Crippen LogP contribution < -0.4 is 0 Å². The predicted octanol–water partition coefficient (Wildman–Crippen LogP) is 3.13. The highest BCUT2D eigenvalue weighted by atomic mass is 19.4. The minimum Gasteiger partial charge on any atom is -0.341 e. The van der Waals surface area contributed by atoms with Gasteiger partial charge in [-0.05, 0) is 25.0 Å². The summed E-state index contributed by atoms with van der Waals surface area (Å²) in [6.45, 7) is 1.70. The number of hydrogen-bond donors (Lipinski definition) is 1. The maximum atomic E-state index is 13.0. The highest BCUT2D eigenvalue weighted by Crippen LogP contribution is 2.32. The molecular weight excluding hydrogens is 295 g/mol. The number of benzene rings is 1. The van der Waals surface area contributed by atoms with Crippen molar-refractivity contribution in [1.29, 1.82) is 0 Å². The van der Waals surface area contributed by atoms with Gasteiger partial charge in [0.2, 0.25) is 0 Å². The number of nitrogens with one attached hydrogen (secondary N) is 1. The van der Waals surface area contributed by atoms with Crippen molar-refractivity contribution in [1.82, 2.24) is 14.9 Å². The predicted molar refractivity (Wildman–Crippen MR) is 75.3 cm³/mol. The van der Waals surface area contributed by atoms with Crippen LogP contribution in [-0.2, 0) is 12.6 Å². The number of carbonyl (C=O) groups excluding carboxylic acids is 1. The first-order valence-corrected chi connectivity index (χ1v) is 6.72. The number of aromatic nitrogens is 2. The van der Waals surface area contributed by atoms with Gasteiger partial charge in [-0.25, -0.2) is 4.98 Å². The van der Waals surface area contributed by atoms with E-state index in [-0.39, 0.29) is 23.7 Å². The van der Waals surface area contributed by atoms with E-state index in [0.717, 1.165) is 6.07 Å². The van der Waals surface area contributed by atoms with Gasteiger partial charge in [0, 0.05) is 25.5 Å². The van der Waals surface area contributed by atoms with E-state index in [0.29, 0.717) is 0 Å². The van der Waals surface area contributed by atoms with Gasteiger partial charge in [-0.15, -0.1) is 0 Å². The van der Waals surface area contributed by atoms with E-state index >= 15 is 0 Å². The van der Waals surface area contributed by atoms with Crippen molar-refractivity contribution in [2.75, 3.05) is 7.05 Å². The first kappa shape index (κ1) is 16.1. The number of H-pyrrole nitrogens is 1. The van der Waals surface area contributed by atoms with Crippen LogP contribution in [0.3, 0.4) is 0 Å². The van der Waals surface area contributed by atoms with Gasteiger partial charge in [0.05, 0.1) is 5.56 Å². The standard InChI is InChI=1S/C15H16F3N3O/c1-10(21(2)14(22)13-19-7-8-20-13)9-11-5-3-4-6-12(11)15(16,17)18/h3-8,10H,9H2,1-2H3,(H,19,20). The molecule has 0 saturated carbocycles. The molecule has 0 radical (unpaired) electrons. The normalized spacial score (nSPS) is 13.0. The van der Waals surface area contributed by atoms with Crippen molar-refractivity contribution in [2.45, 2.75) is 25.6 Å². The minimum absolute atomic E-state index is 0.110. The lowest BCUT2D eigenvalue weighted by Gasteiger charge is -2.25. The van der Waals surface area contributed by atoms with Crippen molar-refractivity contribution >= 4 is 5.91 Å². The number of hydrogen-bond acceptors (Lipinski definition) is 2. The van der Waals surface area contributed by atoms with E-state index < -0.39 is 17.8 Å². The Balaban J connectivity index is 2.16. The number of aromatic amines is 1. The highest BCUT2D eigenvalue weighted by molar-refractivity contribution is 5.90. The monoisotopic (exact) mass is 311 g/mol. The molecule has 118 valence electrons. The lowest BCUT2D eigenvalue weighted by atomic mass is 10.00. The minimum atomic E-state index is -4.40. The van der Waals surface area contributed by atoms with E-state index in [1.165, 1.54) is 29.4 Å². The van der Waals surface area contributed by atoms with E-state index in [2.05, 4.69) is 9.97 Å². The fraction of sp³-hybridized carbons (Fsp3) is 0.333. The molecule has 0 spiro atoms. The molecule has 0 aliphatic heterocycles. The number of rotatable bonds is 4. The molecule has 1 amide bonds. The van der Waals surface area contributed by atoms with Gasteiger partial charge in [-0.3, -0.25) is 4.79 Å². The van der Waals surface area contributed by atoms with Crippen LogP contribution in [0, 0.1) is 0 Å². The zero-order chi connectivity index (χ0) is 16.3. The topological polar surface area (TPSA) is 49.0 Å². The van der Waals surface area contributed by atoms with Gasteiger partial charge in [0.25, 0.3) is 5.91 Å². The summed E-state index contributed by atoms with van der Waals surface area (Å²) in [5.41, 5.74) is -0.498. The Labute approximate surface area is 126 Å². The molecule has 1 aromatic carbocycles. The average Bonchev–Trinajstić information content (AvgIpc) is 2.99. The Hall–Kier alpha value is -2.31. The molecule has 1 unspecified atom stereocenters. The Kier molecular flexibility index (Phi) is 4.54. The molecule has 0 aliphatic rings. The molecular formula is C15H16F3N3O. The Morgan fingerprint density at radius 3 is 2.64 bits per heavy atom. The summed E-state index contributed by atoms with van der Waals surface area (Å²) in [5, 5.41) is 0. The third kappa shape index (κ3) is 3.47. The van der Waals surface area contributed by atoms with Crippen LogP contribution >= 0.6 is 0 Å². The number of nitrogens with zero attached hydrogens (tertiary/aromatic N) is 2. The van der Waals surface area contributed by atoms with E-state index in [1.807, 2.05) is 0 Å². The molecule has 7 heteroatoms. The smallest absolute Gasteiger partial charge is 0.341 e. The third-order valence-electron chi connectivity index (χ3n) is 3.52. The molecule has 2 aromatic rings. The summed E-state index contributed by atoms with van der Waals surface area (Å²) in [4.78, 5) is 20.1. The fourth-order valence-corrected chi connectivity index (χ4v) is 2.18. The second-order valence-corrected chi connectivity index (χ2v) is 5.06. The van der Waals surface area contributed by atoms with Crippen molar-refractivity contribution < 1.29 is 18.0 Å². The van der Waals surface area contributed by atoms with Crippen LogP contribution in [0.4, 0.5) is 13.2 Å². The van der Waals surface area contributed by atoms with E-state index in [4.69, 9.17) is 0 Å². The molecule has 0 bridgehead atoms. The zero-order valence-electron chi connectivity index (χ0n) is 12.2. The molecule has 1 aromatic heterocycles. The Morgan fingerprint density at radius 1 is 1.36 bits per heavy atom. The van der Waals surface area contributed by atoms with E-state index in [1.54, 1.807) is 20.0 Å². The third-order valence-corrected chi connectivity index (χ3v) is 3.52. The molecule has 4 nitrogen and oxygen atoms in total. The molecule has 0 saturated heterocycles. The molecule has 0 aliphatic carbocycles. The van der Waals surface area contributed by atoms with Crippen LogP contribution in [0.25, 0.3) is 0 Å². The first-order valence-electron chi connectivity index (χ1n) is 6.72.